The average molecular weight is 398 g/mol. The standard InChI is InChI=1S/C16H17Cl2N5OS/c1-7-12-10(21-22-16(19)20)5-8(9-3-4-25-14(9)18)6-11(12)23(2)15(24)13(7)17/h3-4,8H,5-6H2,1-2H3,(H4,19,20,22). The molecule has 0 spiro atoms. The number of aromatic nitrogens is 1. The molecule has 0 fully saturated rings. The van der Waals surface area contributed by atoms with Gasteiger partial charge in [0.05, 0.1) is 10.0 Å². The Bertz CT molecular complexity index is 956. The molecule has 0 aliphatic heterocycles. The molecule has 1 aliphatic carbocycles. The Morgan fingerprint density at radius 1 is 1.36 bits per heavy atom. The molecule has 132 valence electrons. The van der Waals surface area contributed by atoms with Crippen LogP contribution in [0.2, 0.25) is 9.36 Å². The van der Waals surface area contributed by atoms with E-state index >= 15 is 0 Å². The summed E-state index contributed by atoms with van der Waals surface area (Å²) >= 11 is 14.0. The van der Waals surface area contributed by atoms with Crippen LogP contribution in [0.3, 0.4) is 0 Å². The molecule has 0 saturated carbocycles. The molecule has 2 aromatic rings. The van der Waals surface area contributed by atoms with E-state index in [-0.39, 0.29) is 22.5 Å². The maximum Gasteiger partial charge on any atom is 0.269 e. The van der Waals surface area contributed by atoms with Crippen molar-refractivity contribution in [2.24, 2.45) is 28.7 Å². The van der Waals surface area contributed by atoms with Gasteiger partial charge < -0.3 is 16.0 Å². The first-order valence-electron chi connectivity index (χ1n) is 7.58. The van der Waals surface area contributed by atoms with E-state index < -0.39 is 0 Å². The third-order valence-corrected chi connectivity index (χ3v) is 6.08. The Hall–Kier alpha value is -1.83. The average Bonchev–Trinajstić information content (AvgIpc) is 3.01. The first-order valence-corrected chi connectivity index (χ1v) is 9.21. The molecule has 4 N–H and O–H groups in total. The van der Waals surface area contributed by atoms with E-state index in [0.717, 1.165) is 21.2 Å². The van der Waals surface area contributed by atoms with Gasteiger partial charge in [0.25, 0.3) is 5.56 Å². The van der Waals surface area contributed by atoms with E-state index in [2.05, 4.69) is 10.2 Å². The molecule has 0 amide bonds. The van der Waals surface area contributed by atoms with Gasteiger partial charge in [-0.05, 0) is 48.3 Å². The van der Waals surface area contributed by atoms with Crippen molar-refractivity contribution >= 4 is 46.2 Å². The summed E-state index contributed by atoms with van der Waals surface area (Å²) in [6, 6.07) is 2.00. The summed E-state index contributed by atoms with van der Waals surface area (Å²) in [5.41, 5.74) is 14.7. The highest BCUT2D eigenvalue weighted by Crippen LogP contribution is 2.39. The quantitative estimate of drug-likeness (QED) is 0.462. The van der Waals surface area contributed by atoms with Crippen molar-refractivity contribution in [3.63, 3.8) is 0 Å². The van der Waals surface area contributed by atoms with Crippen molar-refractivity contribution in [3.8, 4) is 0 Å². The van der Waals surface area contributed by atoms with Crippen LogP contribution in [-0.2, 0) is 13.5 Å². The van der Waals surface area contributed by atoms with Crippen LogP contribution in [-0.4, -0.2) is 16.2 Å². The second kappa shape index (κ2) is 6.82. The van der Waals surface area contributed by atoms with Gasteiger partial charge in [0.2, 0.25) is 5.96 Å². The maximum absolute atomic E-state index is 12.4. The molecule has 9 heteroatoms. The summed E-state index contributed by atoms with van der Waals surface area (Å²) in [4.78, 5) is 12.4. The molecule has 2 heterocycles. The van der Waals surface area contributed by atoms with Gasteiger partial charge >= 0.3 is 0 Å². The van der Waals surface area contributed by atoms with Gasteiger partial charge in [-0.1, -0.05) is 23.2 Å². The van der Waals surface area contributed by atoms with Crippen molar-refractivity contribution in [3.05, 3.63) is 53.5 Å². The van der Waals surface area contributed by atoms with E-state index in [1.54, 1.807) is 11.6 Å². The second-order valence-electron chi connectivity index (χ2n) is 5.95. The van der Waals surface area contributed by atoms with Gasteiger partial charge in [-0.25, -0.2) is 0 Å². The van der Waals surface area contributed by atoms with Crippen LogP contribution >= 0.6 is 34.5 Å². The fourth-order valence-corrected chi connectivity index (χ4v) is 4.51. The van der Waals surface area contributed by atoms with Crippen LogP contribution in [0.25, 0.3) is 0 Å². The second-order valence-corrected chi connectivity index (χ2v) is 7.85. The lowest BCUT2D eigenvalue weighted by atomic mass is 9.80. The topological polar surface area (TPSA) is 98.8 Å². The molecule has 0 bridgehead atoms. The molecular weight excluding hydrogens is 381 g/mol. The fourth-order valence-electron chi connectivity index (χ4n) is 3.21. The molecule has 0 aromatic carbocycles. The highest BCUT2D eigenvalue weighted by atomic mass is 35.5. The number of pyridine rings is 1. The number of guanidine groups is 1. The monoisotopic (exact) mass is 397 g/mol. The van der Waals surface area contributed by atoms with Crippen LogP contribution in [0.15, 0.2) is 26.4 Å². The number of thiophene rings is 1. The molecular formula is C16H17Cl2N5OS. The molecule has 3 rings (SSSR count). The zero-order valence-corrected chi connectivity index (χ0v) is 16.0. The van der Waals surface area contributed by atoms with Crippen LogP contribution in [0, 0.1) is 6.92 Å². The first kappa shape index (κ1) is 18.0. The van der Waals surface area contributed by atoms with E-state index in [1.807, 2.05) is 18.4 Å². The van der Waals surface area contributed by atoms with Gasteiger partial charge in [0.1, 0.15) is 5.02 Å². The van der Waals surface area contributed by atoms with Gasteiger partial charge in [-0.3, -0.25) is 4.79 Å². The molecule has 0 saturated heterocycles. The smallest absolute Gasteiger partial charge is 0.269 e. The molecule has 1 unspecified atom stereocenters. The molecule has 2 aromatic heterocycles. The number of nitrogens with zero attached hydrogens (tertiary/aromatic N) is 3. The van der Waals surface area contributed by atoms with Crippen LogP contribution in [0.5, 0.6) is 0 Å². The lowest BCUT2D eigenvalue weighted by Crippen LogP contribution is -2.31. The van der Waals surface area contributed by atoms with Gasteiger partial charge in [0, 0.05) is 18.3 Å². The minimum absolute atomic E-state index is 0.0883. The lowest BCUT2D eigenvalue weighted by Gasteiger charge is -2.29. The predicted octanol–water partition coefficient (Wildman–Crippen LogP) is 2.77. The number of fused-ring (bicyclic) bond motifs is 1. The Kier molecular flexibility index (Phi) is 4.90. The number of halogens is 2. The number of hydrogen-bond donors (Lipinski definition) is 2. The highest BCUT2D eigenvalue weighted by Gasteiger charge is 2.31. The van der Waals surface area contributed by atoms with Crippen molar-refractivity contribution < 1.29 is 0 Å². The highest BCUT2D eigenvalue weighted by molar-refractivity contribution is 7.14. The third-order valence-electron chi connectivity index (χ3n) is 4.43. The Morgan fingerprint density at radius 2 is 2.08 bits per heavy atom. The molecule has 1 aliphatic rings. The Morgan fingerprint density at radius 3 is 2.68 bits per heavy atom. The molecule has 6 nitrogen and oxygen atoms in total. The largest absolute Gasteiger partial charge is 0.369 e. The zero-order chi connectivity index (χ0) is 18.3. The van der Waals surface area contributed by atoms with Crippen molar-refractivity contribution in [2.75, 3.05) is 0 Å². The molecule has 0 radical (unpaired) electrons. The molecule has 25 heavy (non-hydrogen) atoms. The van der Waals surface area contributed by atoms with Crippen molar-refractivity contribution in [1.82, 2.24) is 4.57 Å². The maximum atomic E-state index is 12.4. The van der Waals surface area contributed by atoms with Gasteiger partial charge in [-0.2, -0.15) is 5.10 Å². The molecule has 1 atom stereocenters. The summed E-state index contributed by atoms with van der Waals surface area (Å²) in [6.45, 7) is 1.81. The number of nitrogens with two attached hydrogens (primary N) is 2. The van der Waals surface area contributed by atoms with E-state index in [4.69, 9.17) is 34.7 Å². The zero-order valence-electron chi connectivity index (χ0n) is 13.7. The summed E-state index contributed by atoms with van der Waals surface area (Å²) in [5, 5.41) is 10.2. The number of hydrogen-bond acceptors (Lipinski definition) is 4. The Labute approximate surface area is 158 Å². The SMILES string of the molecule is Cc1c2c(n(C)c(=O)c1Cl)CC(c1ccsc1Cl)CC2=NN=C(N)N. The van der Waals surface area contributed by atoms with Crippen molar-refractivity contribution in [1.29, 1.82) is 0 Å². The summed E-state index contributed by atoms with van der Waals surface area (Å²) < 4.78 is 2.31. The summed E-state index contributed by atoms with van der Waals surface area (Å²) in [7, 11) is 1.71. The fraction of sp³-hybridized carbons (Fsp3) is 0.312. The van der Waals surface area contributed by atoms with Gasteiger partial charge in [-0.15, -0.1) is 16.4 Å². The van der Waals surface area contributed by atoms with E-state index in [9.17, 15) is 4.79 Å². The summed E-state index contributed by atoms with van der Waals surface area (Å²) in [5.74, 6) is -0.0383. The van der Waals surface area contributed by atoms with E-state index in [0.29, 0.717) is 24.1 Å². The van der Waals surface area contributed by atoms with Gasteiger partial charge in [0.15, 0.2) is 0 Å². The predicted molar refractivity (Wildman–Crippen MR) is 104 cm³/mol. The van der Waals surface area contributed by atoms with Crippen molar-refractivity contribution in [2.45, 2.75) is 25.7 Å². The van der Waals surface area contributed by atoms with Crippen LogP contribution < -0.4 is 17.0 Å². The van der Waals surface area contributed by atoms with Crippen LogP contribution in [0.1, 0.15) is 34.7 Å². The minimum atomic E-state index is -0.226. The Balaban J connectivity index is 2.24. The van der Waals surface area contributed by atoms with Crippen LogP contribution in [0.4, 0.5) is 0 Å². The minimum Gasteiger partial charge on any atom is -0.369 e. The first-order chi connectivity index (χ1) is 11.8. The summed E-state index contributed by atoms with van der Waals surface area (Å²) in [6.07, 6.45) is 1.27. The van der Waals surface area contributed by atoms with E-state index in [1.165, 1.54) is 11.3 Å². The number of rotatable bonds is 2. The third kappa shape index (κ3) is 3.19. The normalized spacial score (nSPS) is 18.2. The lowest BCUT2D eigenvalue weighted by molar-refractivity contribution is 0.636.